The molecule has 0 aromatic carbocycles. The SMILES string of the molecule is CC1OC(C(=O)O)C(OC2OC(C(=O)N(CCO)CCO)C(C)C(O)C2O)C(O)C1O. The fraction of sp³-hybridized carbons (Fsp3) is 0.889. The molecule has 0 radical (unpaired) electrons. The lowest BCUT2D eigenvalue weighted by atomic mass is 9.89. The number of aliphatic carboxylic acids is 1. The molecule has 2 aliphatic rings. The molecule has 0 aliphatic carbocycles. The summed E-state index contributed by atoms with van der Waals surface area (Å²) < 4.78 is 16.1. The molecule has 0 bridgehead atoms. The van der Waals surface area contributed by atoms with Crippen molar-refractivity contribution in [2.24, 2.45) is 5.92 Å². The van der Waals surface area contributed by atoms with Gasteiger partial charge in [0, 0.05) is 19.0 Å². The molecule has 13 nitrogen and oxygen atoms in total. The molecule has 2 heterocycles. The number of carbonyl (C=O) groups is 2. The molecule has 0 aromatic rings. The molecule has 1 amide bonds. The number of carboxylic acid groups (broad SMARTS) is 1. The lowest BCUT2D eigenvalue weighted by Crippen LogP contribution is -2.64. The lowest BCUT2D eigenvalue weighted by molar-refractivity contribution is -0.325. The van der Waals surface area contributed by atoms with E-state index in [0.717, 1.165) is 4.90 Å². The highest BCUT2D eigenvalue weighted by atomic mass is 16.7. The van der Waals surface area contributed by atoms with Crippen molar-refractivity contribution in [3.05, 3.63) is 0 Å². The fourth-order valence-electron chi connectivity index (χ4n) is 3.69. The van der Waals surface area contributed by atoms with Gasteiger partial charge in [-0.05, 0) is 6.92 Å². The maximum absolute atomic E-state index is 12.8. The summed E-state index contributed by atoms with van der Waals surface area (Å²) in [6, 6.07) is 0. The van der Waals surface area contributed by atoms with Crippen LogP contribution in [0.1, 0.15) is 13.8 Å². The normalized spacial score (nSPS) is 41.0. The topological polar surface area (TPSA) is 207 Å². The number of aliphatic hydroxyl groups is 6. The quantitative estimate of drug-likeness (QED) is 0.187. The summed E-state index contributed by atoms with van der Waals surface area (Å²) in [5.74, 6) is -3.11. The number of hydrogen-bond donors (Lipinski definition) is 7. The summed E-state index contributed by atoms with van der Waals surface area (Å²) in [7, 11) is 0. The highest BCUT2D eigenvalue weighted by molar-refractivity contribution is 5.81. The largest absolute Gasteiger partial charge is 0.479 e. The predicted molar refractivity (Wildman–Crippen MR) is 99.4 cm³/mol. The summed E-state index contributed by atoms with van der Waals surface area (Å²) in [5, 5.41) is 68.8. The van der Waals surface area contributed by atoms with Crippen LogP contribution in [0.15, 0.2) is 0 Å². The van der Waals surface area contributed by atoms with E-state index in [1.165, 1.54) is 13.8 Å². The Morgan fingerprint density at radius 2 is 1.45 bits per heavy atom. The van der Waals surface area contributed by atoms with Gasteiger partial charge in [-0.2, -0.15) is 0 Å². The Morgan fingerprint density at radius 1 is 0.871 bits per heavy atom. The van der Waals surface area contributed by atoms with E-state index in [-0.39, 0.29) is 26.3 Å². The molecule has 180 valence electrons. The van der Waals surface area contributed by atoms with Gasteiger partial charge in [0.1, 0.15) is 30.5 Å². The molecule has 13 heteroatoms. The van der Waals surface area contributed by atoms with Gasteiger partial charge in [0.05, 0.1) is 25.4 Å². The average Bonchev–Trinajstić information content (AvgIpc) is 2.73. The van der Waals surface area contributed by atoms with Crippen LogP contribution in [0.25, 0.3) is 0 Å². The number of ether oxygens (including phenoxy) is 3. The van der Waals surface area contributed by atoms with Crippen molar-refractivity contribution in [1.29, 1.82) is 0 Å². The van der Waals surface area contributed by atoms with Crippen LogP contribution in [0.2, 0.25) is 0 Å². The summed E-state index contributed by atoms with van der Waals surface area (Å²) >= 11 is 0. The van der Waals surface area contributed by atoms with Gasteiger partial charge in [0.15, 0.2) is 12.4 Å². The van der Waals surface area contributed by atoms with Gasteiger partial charge in [-0.25, -0.2) is 4.79 Å². The minimum atomic E-state index is -1.74. The van der Waals surface area contributed by atoms with Gasteiger partial charge in [-0.1, -0.05) is 6.92 Å². The minimum absolute atomic E-state index is 0.115. The first-order chi connectivity index (χ1) is 14.5. The van der Waals surface area contributed by atoms with Crippen molar-refractivity contribution in [2.75, 3.05) is 26.3 Å². The number of hydrogen-bond acceptors (Lipinski definition) is 11. The molecular formula is C18H31NO12. The van der Waals surface area contributed by atoms with Crippen LogP contribution in [-0.2, 0) is 23.8 Å². The zero-order valence-electron chi connectivity index (χ0n) is 17.2. The molecule has 10 atom stereocenters. The van der Waals surface area contributed by atoms with Crippen LogP contribution in [-0.4, -0.2) is 134 Å². The van der Waals surface area contributed by atoms with Crippen LogP contribution >= 0.6 is 0 Å². The van der Waals surface area contributed by atoms with Crippen molar-refractivity contribution in [3.8, 4) is 0 Å². The molecule has 31 heavy (non-hydrogen) atoms. The zero-order valence-corrected chi connectivity index (χ0v) is 17.2. The molecule has 2 fully saturated rings. The second-order valence-electron chi connectivity index (χ2n) is 7.72. The van der Waals surface area contributed by atoms with E-state index in [2.05, 4.69) is 0 Å². The first-order valence-electron chi connectivity index (χ1n) is 9.97. The van der Waals surface area contributed by atoms with Gasteiger partial charge < -0.3 is 54.9 Å². The van der Waals surface area contributed by atoms with E-state index in [1.54, 1.807) is 0 Å². The third kappa shape index (κ3) is 5.50. The summed E-state index contributed by atoms with van der Waals surface area (Å²) in [6.45, 7) is 1.79. The van der Waals surface area contributed by atoms with E-state index < -0.39 is 72.9 Å². The Balaban J connectivity index is 2.24. The highest BCUT2D eigenvalue weighted by Gasteiger charge is 2.52. The molecular weight excluding hydrogens is 422 g/mol. The van der Waals surface area contributed by atoms with E-state index >= 15 is 0 Å². The summed E-state index contributed by atoms with van der Waals surface area (Å²) in [6.07, 6.45) is -13.9. The molecule has 0 spiro atoms. The van der Waals surface area contributed by atoms with Crippen LogP contribution in [0, 0.1) is 5.92 Å². The van der Waals surface area contributed by atoms with Crippen molar-refractivity contribution in [1.82, 2.24) is 4.90 Å². The molecule has 7 N–H and O–H groups in total. The van der Waals surface area contributed by atoms with Crippen LogP contribution in [0.4, 0.5) is 0 Å². The van der Waals surface area contributed by atoms with Gasteiger partial charge in [0.25, 0.3) is 5.91 Å². The van der Waals surface area contributed by atoms with Crippen molar-refractivity contribution < 1.29 is 59.5 Å². The van der Waals surface area contributed by atoms with Crippen molar-refractivity contribution >= 4 is 11.9 Å². The van der Waals surface area contributed by atoms with Crippen molar-refractivity contribution in [2.45, 2.75) is 69.0 Å². The number of carbonyl (C=O) groups excluding carboxylic acids is 1. The number of aliphatic hydroxyl groups excluding tert-OH is 6. The first-order valence-corrected chi connectivity index (χ1v) is 9.97. The molecule has 2 aliphatic heterocycles. The Kier molecular flexibility index (Phi) is 9.12. The average molecular weight is 453 g/mol. The van der Waals surface area contributed by atoms with Crippen LogP contribution in [0.5, 0.6) is 0 Å². The van der Waals surface area contributed by atoms with Crippen LogP contribution in [0.3, 0.4) is 0 Å². The monoisotopic (exact) mass is 453 g/mol. The van der Waals surface area contributed by atoms with Gasteiger partial charge in [-0.15, -0.1) is 0 Å². The zero-order chi connectivity index (χ0) is 23.5. The fourth-order valence-corrected chi connectivity index (χ4v) is 3.69. The summed E-state index contributed by atoms with van der Waals surface area (Å²) in [5.41, 5.74) is 0. The van der Waals surface area contributed by atoms with Gasteiger partial charge in [-0.3, -0.25) is 4.79 Å². The maximum Gasteiger partial charge on any atom is 0.335 e. The van der Waals surface area contributed by atoms with E-state index in [4.69, 9.17) is 24.4 Å². The van der Waals surface area contributed by atoms with E-state index in [9.17, 15) is 35.1 Å². The van der Waals surface area contributed by atoms with E-state index in [1.807, 2.05) is 0 Å². The van der Waals surface area contributed by atoms with Crippen LogP contribution < -0.4 is 0 Å². The van der Waals surface area contributed by atoms with Gasteiger partial charge in [0.2, 0.25) is 0 Å². The van der Waals surface area contributed by atoms with E-state index in [0.29, 0.717) is 0 Å². The number of carboxylic acids is 1. The second-order valence-corrected chi connectivity index (χ2v) is 7.72. The number of nitrogens with zero attached hydrogens (tertiary/aromatic N) is 1. The highest BCUT2D eigenvalue weighted by Crippen LogP contribution is 2.32. The van der Waals surface area contributed by atoms with Crippen molar-refractivity contribution in [3.63, 3.8) is 0 Å². The first kappa shape index (κ1) is 25.8. The molecule has 0 saturated carbocycles. The summed E-state index contributed by atoms with van der Waals surface area (Å²) in [4.78, 5) is 25.5. The van der Waals surface area contributed by atoms with Gasteiger partial charge >= 0.3 is 5.97 Å². The molecule has 2 saturated heterocycles. The minimum Gasteiger partial charge on any atom is -0.479 e. The third-order valence-electron chi connectivity index (χ3n) is 5.58. The predicted octanol–water partition coefficient (Wildman–Crippen LogP) is -4.14. The molecule has 2 rings (SSSR count). The Bertz CT molecular complexity index is 614. The Morgan fingerprint density at radius 3 is 1.97 bits per heavy atom. The Labute approximate surface area is 178 Å². The second kappa shape index (κ2) is 10.9. The smallest absolute Gasteiger partial charge is 0.335 e. The standard InChI is InChI=1S/C18H31NO12/c1-7-9(22)12(25)18(30-13(7)16(26)19(3-5-20)4-6-21)31-14-11(24)10(23)8(2)29-15(14)17(27)28/h7-15,18,20-25H,3-6H2,1-2H3,(H,27,28). The lowest BCUT2D eigenvalue weighted by Gasteiger charge is -2.45. The Hall–Kier alpha value is -1.42. The number of rotatable bonds is 8. The number of amides is 1. The molecule has 10 unspecified atom stereocenters. The third-order valence-corrected chi connectivity index (χ3v) is 5.58. The molecule has 0 aromatic heterocycles. The maximum atomic E-state index is 12.8.